The Morgan fingerprint density at radius 2 is 1.84 bits per heavy atom. The second kappa shape index (κ2) is 16.2. The van der Waals surface area contributed by atoms with E-state index in [-0.39, 0.29) is 25.0 Å². The smallest absolute Gasteiger partial charge is 0.326 e. The first kappa shape index (κ1) is 33.8. The summed E-state index contributed by atoms with van der Waals surface area (Å²) in [7, 11) is 0. The van der Waals surface area contributed by atoms with Gasteiger partial charge in [-0.1, -0.05) is 26.0 Å². The van der Waals surface area contributed by atoms with Crippen molar-refractivity contribution in [2.75, 3.05) is 26.2 Å². The maximum Gasteiger partial charge on any atom is 0.326 e. The van der Waals surface area contributed by atoms with Crippen molar-refractivity contribution in [3.8, 4) is 5.75 Å². The van der Waals surface area contributed by atoms with Gasteiger partial charge >= 0.3 is 11.9 Å². The van der Waals surface area contributed by atoms with Gasteiger partial charge in [0.15, 0.2) is 0 Å². The van der Waals surface area contributed by atoms with Crippen LogP contribution in [0.3, 0.4) is 0 Å². The third-order valence-electron chi connectivity index (χ3n) is 7.44. The number of benzene rings is 2. The molecule has 1 heterocycles. The molecule has 43 heavy (non-hydrogen) atoms. The van der Waals surface area contributed by atoms with Crippen molar-refractivity contribution in [3.05, 3.63) is 42.0 Å². The van der Waals surface area contributed by atoms with Gasteiger partial charge in [0.05, 0.1) is 6.04 Å². The molecular formula is C31H44N4O8. The average Bonchev–Trinajstić information content (AvgIpc) is 3.47. The van der Waals surface area contributed by atoms with Crippen LogP contribution in [0.4, 0.5) is 0 Å². The Hall–Kier alpha value is -3.74. The average molecular weight is 601 g/mol. The number of aliphatic carboxylic acids is 2. The molecule has 0 aromatic heterocycles. The van der Waals surface area contributed by atoms with E-state index in [1.54, 1.807) is 19.1 Å². The highest BCUT2D eigenvalue weighted by atomic mass is 16.5. The van der Waals surface area contributed by atoms with E-state index in [0.29, 0.717) is 56.6 Å². The molecule has 4 atom stereocenters. The molecule has 2 amide bonds. The van der Waals surface area contributed by atoms with E-state index in [0.717, 1.165) is 10.8 Å². The lowest BCUT2D eigenvalue weighted by Crippen LogP contribution is -2.53. The minimum Gasteiger partial charge on any atom is -0.490 e. The van der Waals surface area contributed by atoms with Crippen LogP contribution in [0.2, 0.25) is 0 Å². The molecule has 1 saturated heterocycles. The number of hydrogen-bond donors (Lipinski definition) is 6. The molecule has 0 saturated carbocycles. The topological polar surface area (TPSA) is 178 Å². The van der Waals surface area contributed by atoms with Crippen molar-refractivity contribution < 1.29 is 39.2 Å². The summed E-state index contributed by atoms with van der Waals surface area (Å²) < 4.78 is 5.84. The molecule has 6 N–H and O–H groups in total. The number of rotatable bonds is 17. The van der Waals surface area contributed by atoms with Crippen molar-refractivity contribution in [1.29, 1.82) is 0 Å². The molecule has 3 rings (SSSR count). The van der Waals surface area contributed by atoms with Gasteiger partial charge in [0, 0.05) is 36.6 Å². The van der Waals surface area contributed by atoms with Crippen molar-refractivity contribution in [2.24, 2.45) is 0 Å². The van der Waals surface area contributed by atoms with Gasteiger partial charge in [-0.25, -0.2) is 4.79 Å². The molecule has 12 heteroatoms. The minimum atomic E-state index is -1.10. The fraction of sp³-hybridized carbons (Fsp3) is 0.548. The number of carboxylic acids is 2. The molecule has 1 aliphatic rings. The van der Waals surface area contributed by atoms with Crippen LogP contribution >= 0.6 is 0 Å². The van der Waals surface area contributed by atoms with E-state index in [1.807, 2.05) is 38.1 Å². The highest BCUT2D eigenvalue weighted by Gasteiger charge is 2.36. The number of unbranched alkanes of at least 4 members (excludes halogenated alkanes) is 1. The van der Waals surface area contributed by atoms with Crippen LogP contribution in [0.5, 0.6) is 5.75 Å². The molecule has 1 fully saturated rings. The number of carbonyl (C=O) groups is 4. The van der Waals surface area contributed by atoms with E-state index in [1.165, 1.54) is 4.90 Å². The number of nitrogens with zero attached hydrogens (tertiary/aromatic N) is 1. The fourth-order valence-electron chi connectivity index (χ4n) is 5.10. The quantitative estimate of drug-likeness (QED) is 0.147. The summed E-state index contributed by atoms with van der Waals surface area (Å²) in [6, 6.07) is 8.38. The zero-order valence-corrected chi connectivity index (χ0v) is 25.0. The van der Waals surface area contributed by atoms with Gasteiger partial charge in [0.1, 0.15) is 30.5 Å². The largest absolute Gasteiger partial charge is 0.490 e. The second-order valence-corrected chi connectivity index (χ2v) is 11.3. The standard InChI is InChI=1S/C31H44N4O8/c1-19(2)33-17-23(36)18-43-27-11-6-8-21-16-22(12-13-24(21)27)28(37)32-14-5-4-9-25(30(39)40)34-20(3)29(38)35-15-7-10-26(35)31(41)42/h6,8,11-13,16,19-20,23,25-26,33-34,36H,4-5,7,9-10,14-15,17-18H2,1-3H3,(H,32,37)(H,39,40)(H,41,42)/t20-,23+,25-,26+/m0/s1. The second-order valence-electron chi connectivity index (χ2n) is 11.3. The molecule has 0 unspecified atom stereocenters. The Morgan fingerprint density at radius 3 is 2.53 bits per heavy atom. The molecule has 0 aliphatic carbocycles. The van der Waals surface area contributed by atoms with Crippen LogP contribution in [0, 0.1) is 0 Å². The number of aliphatic hydroxyl groups excluding tert-OH is 1. The van der Waals surface area contributed by atoms with Gasteiger partial charge in [-0.3, -0.25) is 19.7 Å². The zero-order chi connectivity index (χ0) is 31.5. The first-order valence-corrected chi connectivity index (χ1v) is 14.8. The molecule has 0 spiro atoms. The molecule has 1 aliphatic heterocycles. The van der Waals surface area contributed by atoms with Gasteiger partial charge < -0.3 is 35.6 Å². The number of hydrogen-bond acceptors (Lipinski definition) is 8. The van der Waals surface area contributed by atoms with Gasteiger partial charge in [-0.15, -0.1) is 0 Å². The van der Waals surface area contributed by atoms with Crippen LogP contribution in [-0.2, 0) is 14.4 Å². The summed E-state index contributed by atoms with van der Waals surface area (Å²) in [6.07, 6.45) is 1.59. The third-order valence-corrected chi connectivity index (χ3v) is 7.44. The predicted molar refractivity (Wildman–Crippen MR) is 161 cm³/mol. The van der Waals surface area contributed by atoms with Crippen molar-refractivity contribution in [3.63, 3.8) is 0 Å². The van der Waals surface area contributed by atoms with Gasteiger partial charge in [-0.2, -0.15) is 0 Å². The van der Waals surface area contributed by atoms with Gasteiger partial charge in [0.2, 0.25) is 5.91 Å². The summed E-state index contributed by atoms with van der Waals surface area (Å²) in [6.45, 7) is 6.79. The summed E-state index contributed by atoms with van der Waals surface area (Å²) >= 11 is 0. The van der Waals surface area contributed by atoms with Crippen LogP contribution in [0.15, 0.2) is 36.4 Å². The Bertz CT molecular complexity index is 1270. The Kier molecular flexibility index (Phi) is 12.7. The number of aliphatic hydroxyl groups is 1. The molecule has 2 aromatic rings. The van der Waals surface area contributed by atoms with E-state index < -0.39 is 42.1 Å². The maximum atomic E-state index is 12.8. The van der Waals surface area contributed by atoms with Crippen molar-refractivity contribution in [1.82, 2.24) is 20.9 Å². The predicted octanol–water partition coefficient (Wildman–Crippen LogP) is 1.98. The Morgan fingerprint density at radius 1 is 1.07 bits per heavy atom. The summed E-state index contributed by atoms with van der Waals surface area (Å²) in [5, 5.41) is 39.6. The lowest BCUT2D eigenvalue weighted by molar-refractivity contribution is -0.149. The SMILES string of the molecule is CC(C)NC[C@@H](O)COc1cccc2cc(C(=O)NCCCC[C@H](N[C@@H](C)C(=O)N3CCC[C@@H]3C(=O)O)C(=O)O)ccc12. The van der Waals surface area contributed by atoms with Crippen molar-refractivity contribution in [2.45, 2.75) is 83.1 Å². The number of carbonyl (C=O) groups excluding carboxylic acids is 2. The monoisotopic (exact) mass is 600 g/mol. The number of nitrogens with one attached hydrogen (secondary N) is 3. The van der Waals surface area contributed by atoms with Crippen LogP contribution in [-0.4, -0.2) is 100 Å². The number of ether oxygens (including phenoxy) is 1. The number of carboxylic acid groups (broad SMARTS) is 2. The third kappa shape index (κ3) is 9.91. The van der Waals surface area contributed by atoms with Crippen LogP contribution < -0.4 is 20.7 Å². The normalized spacial score (nSPS) is 17.0. The lowest BCUT2D eigenvalue weighted by Gasteiger charge is -2.27. The summed E-state index contributed by atoms with van der Waals surface area (Å²) in [5.74, 6) is -2.21. The lowest BCUT2D eigenvalue weighted by atomic mass is 10.1. The molecular weight excluding hydrogens is 556 g/mol. The first-order chi connectivity index (χ1) is 20.5. The zero-order valence-electron chi connectivity index (χ0n) is 25.0. The summed E-state index contributed by atoms with van der Waals surface area (Å²) in [4.78, 5) is 50.0. The van der Waals surface area contributed by atoms with Gasteiger partial charge in [0.25, 0.3) is 5.91 Å². The highest BCUT2D eigenvalue weighted by Crippen LogP contribution is 2.27. The van der Waals surface area contributed by atoms with Crippen LogP contribution in [0.1, 0.15) is 63.2 Å². The van der Waals surface area contributed by atoms with E-state index in [2.05, 4.69) is 16.0 Å². The van der Waals surface area contributed by atoms with Gasteiger partial charge in [-0.05, 0) is 68.7 Å². The van der Waals surface area contributed by atoms with Crippen LogP contribution in [0.25, 0.3) is 10.8 Å². The molecule has 0 bridgehead atoms. The Balaban J connectivity index is 1.45. The number of amides is 2. The Labute approximate surface area is 251 Å². The molecule has 2 aromatic carbocycles. The van der Waals surface area contributed by atoms with E-state index in [4.69, 9.17) is 4.74 Å². The maximum absolute atomic E-state index is 12.8. The highest BCUT2D eigenvalue weighted by molar-refractivity contribution is 5.99. The molecule has 0 radical (unpaired) electrons. The first-order valence-electron chi connectivity index (χ1n) is 14.8. The molecule has 236 valence electrons. The fourth-order valence-corrected chi connectivity index (χ4v) is 5.10. The molecule has 12 nitrogen and oxygen atoms in total. The van der Waals surface area contributed by atoms with E-state index >= 15 is 0 Å². The number of likely N-dealkylation sites (tertiary alicyclic amines) is 1. The summed E-state index contributed by atoms with van der Waals surface area (Å²) in [5.41, 5.74) is 0.477. The minimum absolute atomic E-state index is 0.137. The number of fused-ring (bicyclic) bond motifs is 1. The van der Waals surface area contributed by atoms with E-state index in [9.17, 15) is 34.5 Å². The van der Waals surface area contributed by atoms with Crippen molar-refractivity contribution >= 4 is 34.5 Å².